The molecule has 12 heteroatoms. The van der Waals surface area contributed by atoms with Crippen molar-refractivity contribution in [2.75, 3.05) is 6.54 Å². The molecule has 4 rings (SSSR count). The van der Waals surface area contributed by atoms with Crippen molar-refractivity contribution in [3.8, 4) is 0 Å². The van der Waals surface area contributed by atoms with E-state index in [0.29, 0.717) is 30.5 Å². The second-order valence-electron chi connectivity index (χ2n) is 11.0. The number of carbonyl (C=O) groups is 2. The lowest BCUT2D eigenvalue weighted by molar-refractivity contribution is -0.143. The standard InChI is InChI=1S/C28H29F7N2O3/c1-15(17-8-19(27(30,31)32)10-20(9-17)28(33,34)35)40-23-13-37-22(25(23)16-4-6-21(29)7-5-16)11-18(12-24(37)39)26(2,3)36-14-38/h4-10,14-15,18,22-23,25H,11-13H2,1-3H3,(H,36,38)/t15-,18?,22+,23+,25?/m1/s1. The summed E-state index contributed by atoms with van der Waals surface area (Å²) in [5.74, 6) is -1.52. The molecule has 0 spiro atoms. The molecule has 2 aliphatic heterocycles. The van der Waals surface area contributed by atoms with Crippen LogP contribution in [0.4, 0.5) is 30.7 Å². The molecule has 0 aliphatic carbocycles. The van der Waals surface area contributed by atoms with E-state index in [-0.39, 0.29) is 36.4 Å². The second kappa shape index (κ2) is 10.7. The van der Waals surface area contributed by atoms with E-state index in [1.807, 2.05) is 0 Å². The van der Waals surface area contributed by atoms with Crippen LogP contribution in [0.25, 0.3) is 0 Å². The van der Waals surface area contributed by atoms with Crippen molar-refractivity contribution in [2.45, 2.75) is 75.7 Å². The minimum absolute atomic E-state index is 0.0508. The van der Waals surface area contributed by atoms with Crippen LogP contribution in [0.5, 0.6) is 0 Å². The zero-order valence-electron chi connectivity index (χ0n) is 21.9. The van der Waals surface area contributed by atoms with Gasteiger partial charge in [0.05, 0.1) is 23.3 Å². The highest BCUT2D eigenvalue weighted by Gasteiger charge is 2.51. The molecule has 2 saturated heterocycles. The molecule has 2 aliphatic rings. The van der Waals surface area contributed by atoms with Gasteiger partial charge in [-0.1, -0.05) is 12.1 Å². The smallest absolute Gasteiger partial charge is 0.368 e. The van der Waals surface area contributed by atoms with Crippen LogP contribution in [0.15, 0.2) is 42.5 Å². The third-order valence-corrected chi connectivity index (χ3v) is 8.02. The quantitative estimate of drug-likeness (QED) is 0.315. The first-order valence-corrected chi connectivity index (χ1v) is 12.7. The summed E-state index contributed by atoms with van der Waals surface area (Å²) in [6.45, 7) is 4.99. The molecule has 1 N–H and O–H groups in total. The molecular weight excluding hydrogens is 545 g/mol. The number of carbonyl (C=O) groups excluding carboxylic acids is 2. The van der Waals surface area contributed by atoms with E-state index < -0.39 is 59.0 Å². The zero-order valence-corrected chi connectivity index (χ0v) is 21.9. The van der Waals surface area contributed by atoms with Crippen molar-refractivity contribution in [2.24, 2.45) is 5.92 Å². The maximum Gasteiger partial charge on any atom is 0.416 e. The average molecular weight is 575 g/mol. The highest BCUT2D eigenvalue weighted by molar-refractivity contribution is 5.79. The minimum Gasteiger partial charge on any atom is -0.368 e. The lowest BCUT2D eigenvalue weighted by atomic mass is 9.74. The molecule has 2 amide bonds. The van der Waals surface area contributed by atoms with E-state index >= 15 is 0 Å². The third-order valence-electron chi connectivity index (χ3n) is 8.02. The summed E-state index contributed by atoms with van der Waals surface area (Å²) in [6.07, 6.45) is -10.9. The number of hydrogen-bond acceptors (Lipinski definition) is 3. The van der Waals surface area contributed by atoms with Gasteiger partial charge in [-0.25, -0.2) is 4.39 Å². The molecule has 0 bridgehead atoms. The maximum atomic E-state index is 13.7. The van der Waals surface area contributed by atoms with Gasteiger partial charge in [-0.3, -0.25) is 9.59 Å². The number of nitrogens with zero attached hydrogens (tertiary/aromatic N) is 1. The van der Waals surface area contributed by atoms with Crippen LogP contribution >= 0.6 is 0 Å². The van der Waals surface area contributed by atoms with Gasteiger partial charge in [-0.15, -0.1) is 0 Å². The number of ether oxygens (including phenoxy) is 1. The molecular formula is C28H29F7N2O3. The summed E-state index contributed by atoms with van der Waals surface area (Å²) >= 11 is 0. The van der Waals surface area contributed by atoms with Crippen LogP contribution in [-0.4, -0.2) is 41.4 Å². The van der Waals surface area contributed by atoms with Gasteiger partial charge in [0.2, 0.25) is 12.3 Å². The van der Waals surface area contributed by atoms with Gasteiger partial charge in [-0.2, -0.15) is 26.3 Å². The number of alkyl halides is 6. The summed E-state index contributed by atoms with van der Waals surface area (Å²) in [5, 5.41) is 2.74. The monoisotopic (exact) mass is 574 g/mol. The Bertz CT molecular complexity index is 1210. The predicted molar refractivity (Wildman–Crippen MR) is 130 cm³/mol. The van der Waals surface area contributed by atoms with Crippen molar-refractivity contribution in [1.82, 2.24) is 10.2 Å². The average Bonchev–Trinajstić information content (AvgIpc) is 3.21. The summed E-state index contributed by atoms with van der Waals surface area (Å²) in [4.78, 5) is 26.0. The van der Waals surface area contributed by atoms with Crippen LogP contribution in [0.3, 0.4) is 0 Å². The Morgan fingerprint density at radius 1 is 1.00 bits per heavy atom. The summed E-state index contributed by atoms with van der Waals surface area (Å²) < 4.78 is 101. The molecule has 2 fully saturated rings. The van der Waals surface area contributed by atoms with E-state index in [2.05, 4.69) is 5.32 Å². The Hall–Kier alpha value is -3.15. The lowest BCUT2D eigenvalue weighted by Gasteiger charge is -2.43. The van der Waals surface area contributed by atoms with Crippen molar-refractivity contribution in [3.63, 3.8) is 0 Å². The van der Waals surface area contributed by atoms with Crippen molar-refractivity contribution in [1.29, 1.82) is 0 Å². The van der Waals surface area contributed by atoms with Crippen molar-refractivity contribution < 1.29 is 45.1 Å². The van der Waals surface area contributed by atoms with Gasteiger partial charge in [-0.05, 0) is 74.6 Å². The number of piperidine rings is 1. The molecule has 0 saturated carbocycles. The number of halogens is 7. The molecule has 5 atom stereocenters. The second-order valence-corrected chi connectivity index (χ2v) is 11.0. The summed E-state index contributed by atoms with van der Waals surface area (Å²) in [5.41, 5.74) is -3.33. The van der Waals surface area contributed by atoms with Crippen LogP contribution in [0, 0.1) is 11.7 Å². The van der Waals surface area contributed by atoms with E-state index in [4.69, 9.17) is 4.74 Å². The molecule has 2 aromatic rings. The number of benzene rings is 2. The Kier molecular flexibility index (Phi) is 7.96. The van der Waals surface area contributed by atoms with Crippen LogP contribution in [0.1, 0.15) is 67.9 Å². The Morgan fingerprint density at radius 3 is 2.10 bits per heavy atom. The fraction of sp³-hybridized carbons (Fsp3) is 0.500. The van der Waals surface area contributed by atoms with Gasteiger partial charge in [0, 0.05) is 30.5 Å². The molecule has 5 nitrogen and oxygen atoms in total. The van der Waals surface area contributed by atoms with Gasteiger partial charge in [0.25, 0.3) is 0 Å². The summed E-state index contributed by atoms with van der Waals surface area (Å²) in [7, 11) is 0. The highest BCUT2D eigenvalue weighted by Crippen LogP contribution is 2.46. The number of amides is 2. The summed E-state index contributed by atoms with van der Waals surface area (Å²) in [6, 6.07) is 6.39. The van der Waals surface area contributed by atoms with E-state index in [0.717, 1.165) is 0 Å². The van der Waals surface area contributed by atoms with E-state index in [1.165, 1.54) is 31.2 Å². The Balaban J connectivity index is 1.70. The number of hydrogen-bond donors (Lipinski definition) is 1. The van der Waals surface area contributed by atoms with Crippen molar-refractivity contribution in [3.05, 3.63) is 70.5 Å². The molecule has 218 valence electrons. The van der Waals surface area contributed by atoms with Crippen LogP contribution in [-0.2, 0) is 26.7 Å². The van der Waals surface area contributed by atoms with E-state index in [9.17, 15) is 40.3 Å². The maximum absolute atomic E-state index is 13.7. The molecule has 2 unspecified atom stereocenters. The molecule has 40 heavy (non-hydrogen) atoms. The lowest BCUT2D eigenvalue weighted by Crippen LogP contribution is -2.54. The van der Waals surface area contributed by atoms with Crippen molar-refractivity contribution >= 4 is 12.3 Å². The first kappa shape index (κ1) is 29.8. The van der Waals surface area contributed by atoms with Crippen LogP contribution in [0.2, 0.25) is 0 Å². The largest absolute Gasteiger partial charge is 0.416 e. The number of fused-ring (bicyclic) bond motifs is 1. The fourth-order valence-electron chi connectivity index (χ4n) is 5.77. The zero-order chi connectivity index (χ0) is 29.6. The molecule has 2 aromatic carbocycles. The van der Waals surface area contributed by atoms with Crippen LogP contribution < -0.4 is 5.32 Å². The predicted octanol–water partition coefficient (Wildman–Crippen LogP) is 6.24. The molecule has 2 heterocycles. The van der Waals surface area contributed by atoms with E-state index in [1.54, 1.807) is 18.7 Å². The van der Waals surface area contributed by atoms with Gasteiger partial charge >= 0.3 is 12.4 Å². The number of nitrogens with one attached hydrogen (secondary N) is 1. The number of rotatable bonds is 7. The highest BCUT2D eigenvalue weighted by atomic mass is 19.4. The SMILES string of the molecule is C[C@@H](O[C@H]1CN2C(=O)CC(C(C)(C)NC=O)C[C@H]2C1c1ccc(F)cc1)c1cc(C(F)(F)F)cc(C(F)(F)F)c1. The Labute approximate surface area is 226 Å². The molecule has 0 aromatic heterocycles. The Morgan fingerprint density at radius 2 is 1.57 bits per heavy atom. The fourth-order valence-corrected chi connectivity index (χ4v) is 5.77. The topological polar surface area (TPSA) is 58.6 Å². The minimum atomic E-state index is -5.01. The normalized spacial score (nSPS) is 24.6. The first-order chi connectivity index (χ1) is 18.5. The third kappa shape index (κ3) is 6.11. The van der Waals surface area contributed by atoms with Gasteiger partial charge < -0.3 is 15.0 Å². The van der Waals surface area contributed by atoms with Gasteiger partial charge in [0.15, 0.2) is 0 Å². The first-order valence-electron chi connectivity index (χ1n) is 12.7. The van der Waals surface area contributed by atoms with Gasteiger partial charge in [0.1, 0.15) is 5.82 Å². The molecule has 0 radical (unpaired) electrons.